The van der Waals surface area contributed by atoms with E-state index in [4.69, 9.17) is 4.99 Å². The first-order valence-electron chi connectivity index (χ1n) is 10.5. The molecule has 0 aliphatic carbocycles. The second kappa shape index (κ2) is 11.1. The van der Waals surface area contributed by atoms with Crippen LogP contribution in [0.4, 0.5) is 0 Å². The molecule has 0 amide bonds. The third-order valence-corrected chi connectivity index (χ3v) is 5.23. The highest BCUT2D eigenvalue weighted by atomic mass is 127. The molecule has 0 fully saturated rings. The Kier molecular flexibility index (Phi) is 9.08. The first kappa shape index (κ1) is 24.6. The lowest BCUT2D eigenvalue weighted by Gasteiger charge is -2.26. The summed E-state index contributed by atoms with van der Waals surface area (Å²) in [5.74, 6) is 3.24. The van der Waals surface area contributed by atoms with Gasteiger partial charge in [-0.15, -0.1) is 24.0 Å². The number of nitrogens with zero attached hydrogens (tertiary/aromatic N) is 7. The zero-order chi connectivity index (χ0) is 21.0. The second-order valence-corrected chi connectivity index (χ2v) is 8.25. The standard InChI is InChI=1S/C20H35N9.HI/c1-7-21-20(22-11-17(27(4)5)15-10-23-28(6)12-15)24-16-8-9-18-25-19(14(2)3)26-29(18)13-16;/h10,12,14,16-17H,7-9,11,13H2,1-6H3,(H2,21,22,24);1H. The first-order chi connectivity index (χ1) is 13.9. The number of hydrogen-bond acceptors (Lipinski definition) is 5. The minimum absolute atomic E-state index is 0. The van der Waals surface area contributed by atoms with Gasteiger partial charge in [0.15, 0.2) is 11.8 Å². The lowest BCUT2D eigenvalue weighted by Crippen LogP contribution is -2.47. The largest absolute Gasteiger partial charge is 0.357 e. The third-order valence-electron chi connectivity index (χ3n) is 5.23. The zero-order valence-electron chi connectivity index (χ0n) is 19.0. The molecule has 30 heavy (non-hydrogen) atoms. The Labute approximate surface area is 196 Å². The Morgan fingerprint density at radius 2 is 2.13 bits per heavy atom. The van der Waals surface area contributed by atoms with Crippen molar-refractivity contribution in [3.8, 4) is 0 Å². The van der Waals surface area contributed by atoms with Gasteiger partial charge in [0.1, 0.15) is 5.82 Å². The minimum atomic E-state index is 0. The van der Waals surface area contributed by atoms with E-state index < -0.39 is 0 Å². The van der Waals surface area contributed by atoms with Crippen LogP contribution >= 0.6 is 24.0 Å². The van der Waals surface area contributed by atoms with Crippen LogP contribution in [0, 0.1) is 0 Å². The summed E-state index contributed by atoms with van der Waals surface area (Å²) < 4.78 is 3.89. The molecule has 0 radical (unpaired) electrons. The van der Waals surface area contributed by atoms with Crippen LogP contribution in [0.25, 0.3) is 0 Å². The van der Waals surface area contributed by atoms with Gasteiger partial charge in [-0.1, -0.05) is 13.8 Å². The highest BCUT2D eigenvalue weighted by Crippen LogP contribution is 2.19. The number of rotatable bonds is 7. The van der Waals surface area contributed by atoms with Crippen molar-refractivity contribution < 1.29 is 0 Å². The normalized spacial score (nSPS) is 17.6. The maximum Gasteiger partial charge on any atom is 0.191 e. The number of guanidine groups is 1. The number of fused-ring (bicyclic) bond motifs is 1. The molecule has 0 aromatic carbocycles. The van der Waals surface area contributed by atoms with Crippen molar-refractivity contribution in [2.45, 2.75) is 58.2 Å². The lowest BCUT2D eigenvalue weighted by molar-refractivity contribution is 0.305. The van der Waals surface area contributed by atoms with Crippen LogP contribution < -0.4 is 10.6 Å². The van der Waals surface area contributed by atoms with E-state index in [-0.39, 0.29) is 30.0 Å². The maximum absolute atomic E-state index is 4.87. The lowest BCUT2D eigenvalue weighted by atomic mass is 10.1. The van der Waals surface area contributed by atoms with Crippen molar-refractivity contribution in [1.29, 1.82) is 0 Å². The summed E-state index contributed by atoms with van der Waals surface area (Å²) >= 11 is 0. The number of hydrogen-bond donors (Lipinski definition) is 2. The van der Waals surface area contributed by atoms with Gasteiger partial charge >= 0.3 is 0 Å². The number of aromatic nitrogens is 5. The number of halogens is 1. The molecule has 2 aromatic rings. The molecule has 0 saturated carbocycles. The summed E-state index contributed by atoms with van der Waals surface area (Å²) in [6.07, 6.45) is 5.94. The zero-order valence-corrected chi connectivity index (χ0v) is 21.3. The first-order valence-corrected chi connectivity index (χ1v) is 10.5. The van der Waals surface area contributed by atoms with Crippen LogP contribution in [-0.2, 0) is 20.0 Å². The molecule has 1 aliphatic rings. The Morgan fingerprint density at radius 3 is 2.73 bits per heavy atom. The van der Waals surface area contributed by atoms with Gasteiger partial charge in [0, 0.05) is 43.7 Å². The second-order valence-electron chi connectivity index (χ2n) is 8.25. The van der Waals surface area contributed by atoms with Gasteiger partial charge in [0.2, 0.25) is 0 Å². The van der Waals surface area contributed by atoms with Gasteiger partial charge in [0.25, 0.3) is 0 Å². The number of aliphatic imine (C=N–C) groups is 1. The van der Waals surface area contributed by atoms with Gasteiger partial charge in [-0.3, -0.25) is 9.67 Å². The van der Waals surface area contributed by atoms with Crippen LogP contribution in [0.5, 0.6) is 0 Å². The maximum atomic E-state index is 4.87. The average Bonchev–Trinajstić information content (AvgIpc) is 3.27. The average molecular weight is 529 g/mol. The van der Waals surface area contributed by atoms with Gasteiger partial charge in [0.05, 0.1) is 25.3 Å². The van der Waals surface area contributed by atoms with Gasteiger partial charge in [-0.2, -0.15) is 10.2 Å². The molecule has 2 N–H and O–H groups in total. The smallest absolute Gasteiger partial charge is 0.191 e. The molecule has 9 nitrogen and oxygen atoms in total. The molecule has 3 heterocycles. The highest BCUT2D eigenvalue weighted by Gasteiger charge is 2.23. The fourth-order valence-corrected chi connectivity index (χ4v) is 3.56. The molecule has 168 valence electrons. The van der Waals surface area contributed by atoms with Gasteiger partial charge < -0.3 is 15.5 Å². The molecular formula is C20H36IN9. The molecule has 2 unspecified atom stereocenters. The van der Waals surface area contributed by atoms with Crippen LogP contribution in [0.15, 0.2) is 17.4 Å². The number of aryl methyl sites for hydroxylation is 2. The predicted octanol–water partition coefficient (Wildman–Crippen LogP) is 1.93. The van der Waals surface area contributed by atoms with Crippen molar-refractivity contribution >= 4 is 29.9 Å². The number of nitrogens with one attached hydrogen (secondary N) is 2. The van der Waals surface area contributed by atoms with E-state index >= 15 is 0 Å². The molecular weight excluding hydrogens is 493 g/mol. The quantitative estimate of drug-likeness (QED) is 0.324. The molecule has 2 atom stereocenters. The monoisotopic (exact) mass is 529 g/mol. The van der Waals surface area contributed by atoms with Crippen LogP contribution in [0.1, 0.15) is 56.4 Å². The molecule has 1 aliphatic heterocycles. The molecule has 0 spiro atoms. The molecule has 0 saturated heterocycles. The van der Waals surface area contributed by atoms with Gasteiger partial charge in [-0.05, 0) is 27.4 Å². The Balaban J connectivity index is 0.00000320. The van der Waals surface area contributed by atoms with Crippen LogP contribution in [0.2, 0.25) is 0 Å². The van der Waals surface area contributed by atoms with Crippen molar-refractivity contribution in [2.75, 3.05) is 27.2 Å². The van der Waals surface area contributed by atoms with E-state index in [1.807, 2.05) is 17.9 Å². The Bertz CT molecular complexity index is 824. The topological polar surface area (TPSA) is 88.2 Å². The Morgan fingerprint density at radius 1 is 1.37 bits per heavy atom. The summed E-state index contributed by atoms with van der Waals surface area (Å²) in [5, 5.41) is 16.0. The van der Waals surface area contributed by atoms with E-state index in [1.165, 1.54) is 5.56 Å². The van der Waals surface area contributed by atoms with Crippen LogP contribution in [0.3, 0.4) is 0 Å². The summed E-state index contributed by atoms with van der Waals surface area (Å²) in [6.45, 7) is 8.66. The molecule has 2 aromatic heterocycles. The van der Waals surface area contributed by atoms with Crippen LogP contribution in [-0.4, -0.2) is 68.6 Å². The van der Waals surface area contributed by atoms with E-state index in [1.54, 1.807) is 0 Å². The molecule has 3 rings (SSSR count). The van der Waals surface area contributed by atoms with Gasteiger partial charge in [-0.25, -0.2) is 9.67 Å². The summed E-state index contributed by atoms with van der Waals surface area (Å²) in [4.78, 5) is 11.7. The highest BCUT2D eigenvalue weighted by molar-refractivity contribution is 14.0. The fraction of sp³-hybridized carbons (Fsp3) is 0.700. The van der Waals surface area contributed by atoms with Crippen molar-refractivity contribution in [3.05, 3.63) is 29.6 Å². The predicted molar refractivity (Wildman–Crippen MR) is 130 cm³/mol. The van der Waals surface area contributed by atoms with Crippen molar-refractivity contribution in [1.82, 2.24) is 40.1 Å². The Hall–Kier alpha value is -1.69. The SMILES string of the molecule is CCNC(=NCC(c1cnn(C)c1)N(C)C)NC1CCc2nc(C(C)C)nn2C1.I. The van der Waals surface area contributed by atoms with Crippen molar-refractivity contribution in [3.63, 3.8) is 0 Å². The third kappa shape index (κ3) is 6.16. The minimum Gasteiger partial charge on any atom is -0.357 e. The van der Waals surface area contributed by atoms with E-state index in [2.05, 4.69) is 76.5 Å². The van der Waals surface area contributed by atoms with Crippen molar-refractivity contribution in [2.24, 2.45) is 12.0 Å². The van der Waals surface area contributed by atoms with E-state index in [9.17, 15) is 0 Å². The summed E-state index contributed by atoms with van der Waals surface area (Å²) in [5.41, 5.74) is 1.17. The number of likely N-dealkylation sites (N-methyl/N-ethyl adjacent to an activating group) is 1. The summed E-state index contributed by atoms with van der Waals surface area (Å²) in [7, 11) is 6.09. The fourth-order valence-electron chi connectivity index (χ4n) is 3.56. The van der Waals surface area contributed by atoms with E-state index in [0.717, 1.165) is 43.5 Å². The molecule has 0 bridgehead atoms. The summed E-state index contributed by atoms with van der Waals surface area (Å²) in [6, 6.07) is 0.472. The van der Waals surface area contributed by atoms with E-state index in [0.29, 0.717) is 18.5 Å². The molecule has 10 heteroatoms.